The summed E-state index contributed by atoms with van der Waals surface area (Å²) in [7, 11) is 1.64. The van der Waals surface area contributed by atoms with Crippen LogP contribution in [0, 0.1) is 6.92 Å². The van der Waals surface area contributed by atoms with Crippen LogP contribution in [0.5, 0.6) is 0 Å². The molecule has 0 bridgehead atoms. The van der Waals surface area contributed by atoms with Crippen LogP contribution in [-0.4, -0.2) is 30.6 Å². The molecule has 1 rings (SSSR count). The smallest absolute Gasteiger partial charge is 0.119 e. The van der Waals surface area contributed by atoms with E-state index < -0.39 is 0 Å². The van der Waals surface area contributed by atoms with Crippen LogP contribution in [0.1, 0.15) is 22.5 Å². The Morgan fingerprint density at radius 2 is 2.37 bits per heavy atom. The summed E-state index contributed by atoms with van der Waals surface area (Å²) in [5, 5.41) is 1.13. The zero-order chi connectivity index (χ0) is 14.3. The standard InChI is InChI=1S/C14H20N2OS2/c1-6-12(17-5)7-13-11(3)16-14(19-13)9-18-8-10(2)15-4/h6-7,10H,1,4,8-9H2,2-3,5H3/b12-7+. The van der Waals surface area contributed by atoms with Crippen LogP contribution in [0.3, 0.4) is 0 Å². The normalized spacial score (nSPS) is 13.1. The Balaban J connectivity index is 2.66. The Hall–Kier alpha value is -1.07. The maximum absolute atomic E-state index is 5.19. The molecule has 5 heteroatoms. The van der Waals surface area contributed by atoms with E-state index in [0.29, 0.717) is 6.04 Å². The van der Waals surface area contributed by atoms with Crippen molar-refractivity contribution in [1.29, 1.82) is 0 Å². The molecule has 1 aromatic heterocycles. The first-order valence-electron chi connectivity index (χ1n) is 5.98. The molecular formula is C14H20N2OS2. The number of aryl methyl sites for hydroxylation is 1. The number of thiazole rings is 1. The Morgan fingerprint density at radius 1 is 1.63 bits per heavy atom. The van der Waals surface area contributed by atoms with Gasteiger partial charge in [0.05, 0.1) is 23.7 Å². The van der Waals surface area contributed by atoms with Crippen molar-refractivity contribution in [2.45, 2.75) is 25.6 Å². The van der Waals surface area contributed by atoms with Crippen molar-refractivity contribution in [3.05, 3.63) is 34.0 Å². The third-order valence-corrected chi connectivity index (χ3v) is 4.97. The number of hydrogen-bond acceptors (Lipinski definition) is 5. The number of nitrogens with zero attached hydrogens (tertiary/aromatic N) is 2. The highest BCUT2D eigenvalue weighted by molar-refractivity contribution is 7.98. The minimum absolute atomic E-state index is 0.297. The lowest BCUT2D eigenvalue weighted by Gasteiger charge is -2.02. The number of thioether (sulfide) groups is 1. The van der Waals surface area contributed by atoms with Gasteiger partial charge >= 0.3 is 0 Å². The maximum atomic E-state index is 5.19. The second kappa shape index (κ2) is 8.17. The highest BCUT2D eigenvalue weighted by Crippen LogP contribution is 2.25. The van der Waals surface area contributed by atoms with Gasteiger partial charge in [-0.05, 0) is 32.7 Å². The lowest BCUT2D eigenvalue weighted by atomic mass is 10.3. The predicted octanol–water partition coefficient (Wildman–Crippen LogP) is 3.95. The van der Waals surface area contributed by atoms with Gasteiger partial charge in [0.15, 0.2) is 0 Å². The maximum Gasteiger partial charge on any atom is 0.119 e. The first-order valence-corrected chi connectivity index (χ1v) is 7.95. The molecule has 0 aromatic carbocycles. The SMILES string of the molecule is C=C/C(=C\c1sc(CSCC(C)N=C)nc1C)OC. The Bertz CT molecular complexity index is 466. The van der Waals surface area contributed by atoms with Crippen molar-refractivity contribution >= 4 is 35.9 Å². The van der Waals surface area contributed by atoms with E-state index >= 15 is 0 Å². The van der Waals surface area contributed by atoms with E-state index in [9.17, 15) is 0 Å². The van der Waals surface area contributed by atoms with E-state index in [1.165, 1.54) is 0 Å². The van der Waals surface area contributed by atoms with Gasteiger partial charge in [0.2, 0.25) is 0 Å². The van der Waals surface area contributed by atoms with E-state index in [1.54, 1.807) is 24.5 Å². The number of hydrogen-bond donors (Lipinski definition) is 0. The molecule has 0 spiro atoms. The molecule has 3 nitrogen and oxygen atoms in total. The third kappa shape index (κ3) is 5.20. The first kappa shape index (κ1) is 16.0. The highest BCUT2D eigenvalue weighted by atomic mass is 32.2. The summed E-state index contributed by atoms with van der Waals surface area (Å²) in [4.78, 5) is 9.68. The Kier molecular flexibility index (Phi) is 6.87. The van der Waals surface area contributed by atoms with Crippen LogP contribution in [-0.2, 0) is 10.5 Å². The summed E-state index contributed by atoms with van der Waals surface area (Å²) in [6.07, 6.45) is 3.67. The van der Waals surface area contributed by atoms with Gasteiger partial charge in [0.25, 0.3) is 0 Å². The summed E-state index contributed by atoms with van der Waals surface area (Å²) in [5.74, 6) is 2.65. The number of ether oxygens (including phenoxy) is 1. The lowest BCUT2D eigenvalue weighted by molar-refractivity contribution is 0.311. The molecule has 0 saturated carbocycles. The number of allylic oxidation sites excluding steroid dienone is 1. The van der Waals surface area contributed by atoms with Gasteiger partial charge in [-0.25, -0.2) is 4.98 Å². The molecule has 0 radical (unpaired) electrons. The molecule has 104 valence electrons. The second-order valence-electron chi connectivity index (χ2n) is 4.06. The van der Waals surface area contributed by atoms with E-state index in [4.69, 9.17) is 4.74 Å². The molecule has 0 N–H and O–H groups in total. The summed E-state index contributed by atoms with van der Waals surface area (Å²) in [6.45, 7) is 11.3. The van der Waals surface area contributed by atoms with Crippen molar-refractivity contribution in [2.24, 2.45) is 4.99 Å². The average molecular weight is 296 g/mol. The molecule has 0 aliphatic rings. The van der Waals surface area contributed by atoms with Crippen LogP contribution in [0.25, 0.3) is 6.08 Å². The van der Waals surface area contributed by atoms with Gasteiger partial charge in [0, 0.05) is 11.5 Å². The monoisotopic (exact) mass is 296 g/mol. The fourth-order valence-corrected chi connectivity index (χ4v) is 3.46. The molecule has 1 aromatic rings. The molecule has 1 atom stereocenters. The van der Waals surface area contributed by atoms with Gasteiger partial charge < -0.3 is 4.74 Å². The summed E-state index contributed by atoms with van der Waals surface area (Å²) in [6, 6.07) is 0.297. The summed E-state index contributed by atoms with van der Waals surface area (Å²) < 4.78 is 5.19. The number of methoxy groups -OCH3 is 1. The Labute approximate surface area is 123 Å². The topological polar surface area (TPSA) is 34.5 Å². The molecule has 0 amide bonds. The van der Waals surface area contributed by atoms with E-state index in [2.05, 4.69) is 30.2 Å². The van der Waals surface area contributed by atoms with Crippen LogP contribution in [0.15, 0.2) is 23.4 Å². The molecular weight excluding hydrogens is 276 g/mol. The van der Waals surface area contributed by atoms with E-state index in [0.717, 1.165) is 32.8 Å². The molecule has 0 aliphatic heterocycles. The number of aliphatic imine (C=N–C) groups is 1. The van der Waals surface area contributed by atoms with E-state index in [1.807, 2.05) is 24.8 Å². The Morgan fingerprint density at radius 3 is 2.95 bits per heavy atom. The van der Waals surface area contributed by atoms with Crippen LogP contribution < -0.4 is 0 Å². The molecule has 0 aliphatic carbocycles. The lowest BCUT2D eigenvalue weighted by Crippen LogP contribution is -2.00. The zero-order valence-corrected chi connectivity index (χ0v) is 13.3. The van der Waals surface area contributed by atoms with Crippen molar-refractivity contribution in [1.82, 2.24) is 4.98 Å². The van der Waals surface area contributed by atoms with Crippen LogP contribution in [0.2, 0.25) is 0 Å². The van der Waals surface area contributed by atoms with Gasteiger partial charge in [-0.2, -0.15) is 11.8 Å². The van der Waals surface area contributed by atoms with Crippen molar-refractivity contribution in [3.8, 4) is 0 Å². The minimum Gasteiger partial charge on any atom is -0.497 e. The van der Waals surface area contributed by atoms with Gasteiger partial charge in [-0.15, -0.1) is 11.3 Å². The third-order valence-electron chi connectivity index (χ3n) is 2.48. The predicted molar refractivity (Wildman–Crippen MR) is 87.2 cm³/mol. The number of rotatable bonds is 8. The van der Waals surface area contributed by atoms with Crippen LogP contribution >= 0.6 is 23.1 Å². The van der Waals surface area contributed by atoms with Crippen molar-refractivity contribution in [3.63, 3.8) is 0 Å². The second-order valence-corrected chi connectivity index (χ2v) is 6.20. The van der Waals surface area contributed by atoms with E-state index in [-0.39, 0.29) is 0 Å². The van der Waals surface area contributed by atoms with Gasteiger partial charge in [-0.1, -0.05) is 6.58 Å². The van der Waals surface area contributed by atoms with Gasteiger partial charge in [-0.3, -0.25) is 4.99 Å². The van der Waals surface area contributed by atoms with Crippen molar-refractivity contribution in [2.75, 3.05) is 12.9 Å². The fraction of sp³-hybridized carbons (Fsp3) is 0.429. The average Bonchev–Trinajstić information content (AvgIpc) is 2.76. The molecule has 1 heterocycles. The largest absolute Gasteiger partial charge is 0.497 e. The minimum atomic E-state index is 0.297. The van der Waals surface area contributed by atoms with Gasteiger partial charge in [0.1, 0.15) is 10.8 Å². The molecule has 0 saturated heterocycles. The van der Waals surface area contributed by atoms with Crippen LogP contribution in [0.4, 0.5) is 0 Å². The molecule has 0 fully saturated rings. The molecule has 19 heavy (non-hydrogen) atoms. The van der Waals surface area contributed by atoms with Crippen molar-refractivity contribution < 1.29 is 4.74 Å². The first-order chi connectivity index (χ1) is 9.10. The highest BCUT2D eigenvalue weighted by Gasteiger charge is 2.07. The zero-order valence-electron chi connectivity index (χ0n) is 11.7. The quantitative estimate of drug-likeness (QED) is 0.414. The molecule has 1 unspecified atom stereocenters. The fourth-order valence-electron chi connectivity index (χ4n) is 1.36. The summed E-state index contributed by atoms with van der Waals surface area (Å²) in [5.41, 5.74) is 1.03. The summed E-state index contributed by atoms with van der Waals surface area (Å²) >= 11 is 3.53. The number of aromatic nitrogens is 1.